The molecule has 0 saturated carbocycles. The van der Waals surface area contributed by atoms with E-state index in [0.717, 1.165) is 11.1 Å². The largest absolute Gasteiger partial charge is 0.367 e. The van der Waals surface area contributed by atoms with Gasteiger partial charge < -0.3 is 15.2 Å². The number of nitrogens with two attached hydrogens (primary N) is 1. The number of likely N-dealkylation sites (N-methyl/N-ethyl adjacent to an activating group) is 1. The van der Waals surface area contributed by atoms with Gasteiger partial charge in [0.15, 0.2) is 0 Å². The van der Waals surface area contributed by atoms with Crippen LogP contribution >= 0.6 is 0 Å². The summed E-state index contributed by atoms with van der Waals surface area (Å²) in [6.45, 7) is 13.7. The molecule has 7 heteroatoms. The highest BCUT2D eigenvalue weighted by Crippen LogP contribution is 2.28. The smallest absolute Gasteiger partial charge is 0.244 e. The maximum Gasteiger partial charge on any atom is 0.244 e. The van der Waals surface area contributed by atoms with E-state index in [1.165, 1.54) is 6.07 Å². The van der Waals surface area contributed by atoms with Crippen LogP contribution in [-0.2, 0) is 4.79 Å². The van der Waals surface area contributed by atoms with Crippen LogP contribution in [0.3, 0.4) is 0 Å². The Labute approximate surface area is 202 Å². The Morgan fingerprint density at radius 3 is 2.32 bits per heavy atom. The molecule has 1 unspecified atom stereocenters. The quantitative estimate of drug-likeness (QED) is 0.334. The number of anilines is 1. The second-order valence-corrected chi connectivity index (χ2v) is 8.56. The van der Waals surface area contributed by atoms with E-state index in [1.807, 2.05) is 67.0 Å². The van der Waals surface area contributed by atoms with Crippen LogP contribution in [0.5, 0.6) is 0 Å². The van der Waals surface area contributed by atoms with Crippen molar-refractivity contribution in [2.24, 2.45) is 5.84 Å². The summed E-state index contributed by atoms with van der Waals surface area (Å²) in [6.07, 6.45) is 1.78. The number of allylic oxidation sites excluding steroid dienone is 2. The zero-order chi connectivity index (χ0) is 24.7. The number of amides is 1. The fourth-order valence-corrected chi connectivity index (χ4v) is 4.46. The molecule has 1 saturated heterocycles. The zero-order valence-corrected chi connectivity index (χ0v) is 20.4. The molecule has 182 valence electrons. The topological polar surface area (TPSA) is 64.8 Å². The molecular weight excluding hydrogens is 429 g/mol. The van der Waals surface area contributed by atoms with Crippen molar-refractivity contribution in [2.75, 3.05) is 44.2 Å². The molecule has 1 aliphatic heterocycles. The molecule has 1 heterocycles. The van der Waals surface area contributed by atoms with Gasteiger partial charge in [-0.25, -0.2) is 4.39 Å². The Kier molecular flexibility index (Phi) is 8.85. The van der Waals surface area contributed by atoms with Crippen LogP contribution in [0.15, 0.2) is 66.8 Å². The Morgan fingerprint density at radius 1 is 1.15 bits per heavy atom. The lowest BCUT2D eigenvalue weighted by molar-refractivity contribution is -0.137. The monoisotopic (exact) mass is 465 g/mol. The predicted octanol–water partition coefficient (Wildman–Crippen LogP) is 3.94. The third-order valence-electron chi connectivity index (χ3n) is 6.25. The lowest BCUT2D eigenvalue weighted by Crippen LogP contribution is -2.52. The van der Waals surface area contributed by atoms with E-state index < -0.39 is 0 Å². The second-order valence-electron chi connectivity index (χ2n) is 8.56. The maximum absolute atomic E-state index is 15.1. The molecule has 2 aromatic rings. The summed E-state index contributed by atoms with van der Waals surface area (Å²) < 4.78 is 15.1. The molecule has 6 nitrogen and oxygen atoms in total. The SMILES string of the molecule is C=C(C)/C=C(\NN)c1ccc(N2CCN(C(C(=O)N(CC)CC)c3ccccc3)CC2)c(F)c1. The number of benzene rings is 2. The van der Waals surface area contributed by atoms with E-state index in [-0.39, 0.29) is 17.8 Å². The predicted molar refractivity (Wildman–Crippen MR) is 137 cm³/mol. The molecule has 0 bridgehead atoms. The van der Waals surface area contributed by atoms with Gasteiger partial charge in [0.05, 0.1) is 11.4 Å². The van der Waals surface area contributed by atoms with Gasteiger partial charge in [-0.15, -0.1) is 0 Å². The molecule has 1 atom stereocenters. The zero-order valence-electron chi connectivity index (χ0n) is 20.4. The van der Waals surface area contributed by atoms with E-state index in [4.69, 9.17) is 5.84 Å². The lowest BCUT2D eigenvalue weighted by Gasteiger charge is -2.41. The van der Waals surface area contributed by atoms with Crippen molar-refractivity contribution in [3.8, 4) is 0 Å². The summed E-state index contributed by atoms with van der Waals surface area (Å²) >= 11 is 0. The Balaban J connectivity index is 1.77. The summed E-state index contributed by atoms with van der Waals surface area (Å²) in [5, 5.41) is 0. The van der Waals surface area contributed by atoms with Crippen LogP contribution in [0.4, 0.5) is 10.1 Å². The fraction of sp³-hybridized carbons (Fsp3) is 0.370. The van der Waals surface area contributed by atoms with Gasteiger partial charge in [-0.1, -0.05) is 48.6 Å². The van der Waals surface area contributed by atoms with Gasteiger partial charge in [0.25, 0.3) is 0 Å². The molecule has 1 amide bonds. The van der Waals surface area contributed by atoms with E-state index in [1.54, 1.807) is 12.1 Å². The highest BCUT2D eigenvalue weighted by Gasteiger charge is 2.33. The molecule has 3 rings (SSSR count). The lowest BCUT2D eigenvalue weighted by atomic mass is 10.0. The van der Waals surface area contributed by atoms with Gasteiger partial charge in [0.1, 0.15) is 11.9 Å². The first-order valence-corrected chi connectivity index (χ1v) is 11.9. The standard InChI is InChI=1S/C27H36FN5O/c1-5-31(6-2)27(34)26(21-10-8-7-9-11-21)33-16-14-32(15-17-33)25-13-12-22(19-23(25)28)24(30-29)18-20(3)4/h7-13,18-19,26,30H,3,5-6,14-17,29H2,1-2,4H3/b24-18-. The summed E-state index contributed by atoms with van der Waals surface area (Å²) in [5.74, 6) is 5.43. The number of nitrogens with one attached hydrogen (secondary N) is 1. The molecule has 0 aromatic heterocycles. The molecule has 0 aliphatic carbocycles. The number of hydrogen-bond acceptors (Lipinski definition) is 5. The van der Waals surface area contributed by atoms with E-state index in [0.29, 0.717) is 56.2 Å². The van der Waals surface area contributed by atoms with Crippen molar-refractivity contribution in [1.82, 2.24) is 15.2 Å². The molecular formula is C27H36FN5O. The number of carbonyl (C=O) groups is 1. The molecule has 3 N–H and O–H groups in total. The number of nitrogens with zero attached hydrogens (tertiary/aromatic N) is 3. The van der Waals surface area contributed by atoms with E-state index in [9.17, 15) is 4.79 Å². The second kappa shape index (κ2) is 11.8. The third-order valence-corrected chi connectivity index (χ3v) is 6.25. The fourth-order valence-electron chi connectivity index (χ4n) is 4.46. The molecule has 0 spiro atoms. The van der Waals surface area contributed by atoms with Gasteiger partial charge in [0.2, 0.25) is 5.91 Å². The number of rotatable bonds is 9. The Bertz CT molecular complexity index is 1010. The normalized spacial score (nSPS) is 15.7. The maximum atomic E-state index is 15.1. The Hall–Kier alpha value is -3.16. The van der Waals surface area contributed by atoms with Gasteiger partial charge in [-0.3, -0.25) is 15.5 Å². The van der Waals surface area contributed by atoms with Crippen molar-refractivity contribution >= 4 is 17.3 Å². The van der Waals surface area contributed by atoms with Crippen molar-refractivity contribution in [3.05, 3.63) is 83.7 Å². The van der Waals surface area contributed by atoms with Gasteiger partial charge in [-0.05, 0) is 44.5 Å². The van der Waals surface area contributed by atoms with Crippen molar-refractivity contribution in [2.45, 2.75) is 26.8 Å². The summed E-state index contributed by atoms with van der Waals surface area (Å²) in [5.41, 5.74) is 6.27. The summed E-state index contributed by atoms with van der Waals surface area (Å²) in [6, 6.07) is 14.7. The van der Waals surface area contributed by atoms with Crippen molar-refractivity contribution in [1.29, 1.82) is 0 Å². The third kappa shape index (κ3) is 5.85. The average molecular weight is 466 g/mol. The summed E-state index contributed by atoms with van der Waals surface area (Å²) in [7, 11) is 0. The molecule has 1 fully saturated rings. The highest BCUT2D eigenvalue weighted by atomic mass is 19.1. The highest BCUT2D eigenvalue weighted by molar-refractivity contribution is 5.83. The van der Waals surface area contributed by atoms with Crippen molar-refractivity contribution in [3.63, 3.8) is 0 Å². The van der Waals surface area contributed by atoms with Crippen LogP contribution in [0.1, 0.15) is 37.9 Å². The number of piperazine rings is 1. The first-order chi connectivity index (χ1) is 16.4. The minimum Gasteiger partial charge on any atom is -0.367 e. The number of hydrogen-bond donors (Lipinski definition) is 2. The van der Waals surface area contributed by atoms with Crippen LogP contribution in [0.25, 0.3) is 5.70 Å². The number of hydrazine groups is 1. The summed E-state index contributed by atoms with van der Waals surface area (Å²) in [4.78, 5) is 19.5. The van der Waals surface area contributed by atoms with Crippen LogP contribution in [0.2, 0.25) is 0 Å². The Morgan fingerprint density at radius 2 is 1.79 bits per heavy atom. The molecule has 2 aromatic carbocycles. The van der Waals surface area contributed by atoms with E-state index in [2.05, 4.69) is 16.9 Å². The van der Waals surface area contributed by atoms with E-state index >= 15 is 4.39 Å². The van der Waals surface area contributed by atoms with Crippen molar-refractivity contribution < 1.29 is 9.18 Å². The van der Waals surface area contributed by atoms with Gasteiger partial charge in [-0.2, -0.15) is 0 Å². The molecule has 1 aliphatic rings. The molecule has 0 radical (unpaired) electrons. The van der Waals surface area contributed by atoms with Crippen LogP contribution < -0.4 is 16.2 Å². The van der Waals surface area contributed by atoms with Crippen LogP contribution in [-0.4, -0.2) is 55.0 Å². The van der Waals surface area contributed by atoms with Gasteiger partial charge >= 0.3 is 0 Å². The first kappa shape index (κ1) is 25.5. The minimum absolute atomic E-state index is 0.117. The first-order valence-electron chi connectivity index (χ1n) is 11.9. The minimum atomic E-state index is -0.332. The van der Waals surface area contributed by atoms with Gasteiger partial charge in [0, 0.05) is 44.8 Å². The van der Waals surface area contributed by atoms with Crippen LogP contribution in [0, 0.1) is 5.82 Å². The number of halogens is 1. The average Bonchev–Trinajstić information content (AvgIpc) is 2.84. The number of carbonyl (C=O) groups excluding carboxylic acids is 1. The molecule has 34 heavy (non-hydrogen) atoms.